The summed E-state index contributed by atoms with van der Waals surface area (Å²) in [5, 5.41) is 2.06. The zero-order valence-electron chi connectivity index (χ0n) is 17.7. The Morgan fingerprint density at radius 2 is 1.65 bits per heavy atom. The number of halogens is 1. The van der Waals surface area contributed by atoms with Gasteiger partial charge in [0.25, 0.3) is 17.7 Å². The van der Waals surface area contributed by atoms with E-state index in [1.165, 1.54) is 28.2 Å². The van der Waals surface area contributed by atoms with Gasteiger partial charge in [-0.15, -0.1) is 11.3 Å². The molecular formula is C22H20FN3O6S2. The van der Waals surface area contributed by atoms with Crippen LogP contribution in [0.1, 0.15) is 20.2 Å². The Morgan fingerprint density at radius 1 is 0.971 bits per heavy atom. The number of rotatable bonds is 6. The van der Waals surface area contributed by atoms with Crippen LogP contribution in [-0.4, -0.2) is 67.5 Å². The fourth-order valence-corrected chi connectivity index (χ4v) is 5.57. The Labute approximate surface area is 198 Å². The third-order valence-electron chi connectivity index (χ3n) is 5.29. The lowest BCUT2D eigenvalue weighted by Crippen LogP contribution is -2.57. The molecule has 0 unspecified atom stereocenters. The molecule has 3 aromatic rings. The second-order valence-electron chi connectivity index (χ2n) is 7.42. The van der Waals surface area contributed by atoms with Gasteiger partial charge in [0.2, 0.25) is 15.2 Å². The van der Waals surface area contributed by atoms with E-state index in [4.69, 9.17) is 4.42 Å². The number of nitrogens with one attached hydrogen (secondary N) is 1. The number of piperazine rings is 1. The Hall–Kier alpha value is -3.51. The second-order valence-corrected chi connectivity index (χ2v) is 10.4. The Bertz CT molecular complexity index is 1270. The van der Waals surface area contributed by atoms with Gasteiger partial charge < -0.3 is 19.5 Å². The predicted molar refractivity (Wildman–Crippen MR) is 120 cm³/mol. The average molecular weight is 506 g/mol. The Kier molecular flexibility index (Phi) is 6.80. The molecule has 1 fully saturated rings. The molecule has 1 saturated heterocycles. The van der Waals surface area contributed by atoms with E-state index in [9.17, 15) is 27.2 Å². The van der Waals surface area contributed by atoms with Crippen LogP contribution in [0.15, 0.2) is 69.5 Å². The first-order chi connectivity index (χ1) is 16.3. The highest BCUT2D eigenvalue weighted by atomic mass is 32.2. The first-order valence-corrected chi connectivity index (χ1v) is 12.7. The molecule has 3 heterocycles. The van der Waals surface area contributed by atoms with Crippen LogP contribution < -0.4 is 5.32 Å². The molecule has 2 aromatic heterocycles. The number of benzene rings is 1. The molecule has 34 heavy (non-hydrogen) atoms. The van der Waals surface area contributed by atoms with Gasteiger partial charge in [-0.25, -0.2) is 12.8 Å². The van der Waals surface area contributed by atoms with Crippen molar-refractivity contribution in [2.24, 2.45) is 0 Å². The molecule has 0 spiro atoms. The van der Waals surface area contributed by atoms with Crippen LogP contribution in [-0.2, 0) is 14.6 Å². The number of carbonyl (C=O) groups excluding carboxylic acids is 3. The van der Waals surface area contributed by atoms with Crippen molar-refractivity contribution in [3.05, 3.63) is 76.6 Å². The Morgan fingerprint density at radius 3 is 2.24 bits per heavy atom. The van der Waals surface area contributed by atoms with Crippen molar-refractivity contribution in [1.82, 2.24) is 15.1 Å². The molecular weight excluding hydrogens is 485 g/mol. The van der Waals surface area contributed by atoms with Gasteiger partial charge in [-0.05, 0) is 47.8 Å². The molecule has 1 aliphatic heterocycles. The second kappa shape index (κ2) is 9.77. The summed E-state index contributed by atoms with van der Waals surface area (Å²) in [7, 11) is -4.40. The van der Waals surface area contributed by atoms with Gasteiger partial charge >= 0.3 is 0 Å². The summed E-state index contributed by atoms with van der Waals surface area (Å²) in [6.07, 6.45) is 1.38. The highest BCUT2D eigenvalue weighted by Crippen LogP contribution is 2.20. The molecule has 0 saturated carbocycles. The standard InChI is InChI=1S/C22H20FN3O6S2/c23-15-5-7-16(8-6-15)34(30,31)20(24-19(27)18-4-2-14-33-18)22(29)26-11-9-25(10-12-26)21(28)17-3-1-13-32-17/h1-8,13-14,20H,9-12H2,(H,24,27)/t20-/m1/s1. The van der Waals surface area contributed by atoms with Crippen LogP contribution in [0.4, 0.5) is 4.39 Å². The van der Waals surface area contributed by atoms with Crippen molar-refractivity contribution in [1.29, 1.82) is 0 Å². The third-order valence-corrected chi connectivity index (χ3v) is 8.03. The molecule has 1 N–H and O–H groups in total. The van der Waals surface area contributed by atoms with E-state index in [0.29, 0.717) is 0 Å². The van der Waals surface area contributed by atoms with E-state index >= 15 is 0 Å². The molecule has 9 nitrogen and oxygen atoms in total. The average Bonchev–Trinajstić information content (AvgIpc) is 3.57. The summed E-state index contributed by atoms with van der Waals surface area (Å²) in [5.41, 5.74) is 0. The van der Waals surface area contributed by atoms with E-state index < -0.39 is 32.8 Å². The molecule has 4 rings (SSSR count). The maximum atomic E-state index is 13.3. The van der Waals surface area contributed by atoms with Crippen molar-refractivity contribution in [2.45, 2.75) is 10.3 Å². The topological polar surface area (TPSA) is 117 Å². The van der Waals surface area contributed by atoms with Crippen LogP contribution in [0.5, 0.6) is 0 Å². The maximum absolute atomic E-state index is 13.3. The third kappa shape index (κ3) is 4.87. The zero-order chi connectivity index (χ0) is 24.3. The maximum Gasteiger partial charge on any atom is 0.289 e. The number of thiophene rings is 1. The molecule has 1 aliphatic rings. The molecule has 0 bridgehead atoms. The van der Waals surface area contributed by atoms with E-state index in [1.54, 1.807) is 17.5 Å². The summed E-state index contributed by atoms with van der Waals surface area (Å²) in [4.78, 5) is 41.2. The lowest BCUT2D eigenvalue weighted by Gasteiger charge is -2.36. The quantitative estimate of drug-likeness (QED) is 0.512. The SMILES string of the molecule is O=C(N[C@@H](C(=O)N1CCN(C(=O)c2ccco2)CC1)S(=O)(=O)c1ccc(F)cc1)c1cccs1. The first-order valence-electron chi connectivity index (χ1n) is 10.2. The van der Waals surface area contributed by atoms with Gasteiger partial charge in [0.15, 0.2) is 5.76 Å². The summed E-state index contributed by atoms with van der Waals surface area (Å²) >= 11 is 1.10. The fraction of sp³-hybridized carbons (Fsp3) is 0.227. The highest BCUT2D eigenvalue weighted by molar-refractivity contribution is 7.92. The zero-order valence-corrected chi connectivity index (χ0v) is 19.4. The minimum atomic E-state index is -4.40. The van der Waals surface area contributed by atoms with Crippen molar-refractivity contribution >= 4 is 38.9 Å². The molecule has 3 amide bonds. The summed E-state index contributed by atoms with van der Waals surface area (Å²) in [6, 6.07) is 10.3. The number of sulfone groups is 1. The molecule has 1 aromatic carbocycles. The van der Waals surface area contributed by atoms with E-state index in [1.807, 2.05) is 0 Å². The number of furan rings is 1. The fourth-order valence-electron chi connectivity index (χ4n) is 3.48. The van der Waals surface area contributed by atoms with Gasteiger partial charge in [-0.1, -0.05) is 6.07 Å². The number of nitrogens with zero attached hydrogens (tertiary/aromatic N) is 2. The largest absolute Gasteiger partial charge is 0.459 e. The highest BCUT2D eigenvalue weighted by Gasteiger charge is 2.40. The number of amides is 3. The van der Waals surface area contributed by atoms with Crippen molar-refractivity contribution < 1.29 is 31.6 Å². The molecule has 12 heteroatoms. The van der Waals surface area contributed by atoms with E-state index in [-0.39, 0.29) is 47.6 Å². The van der Waals surface area contributed by atoms with Gasteiger partial charge in [0, 0.05) is 26.2 Å². The minimum Gasteiger partial charge on any atom is -0.459 e. The lowest BCUT2D eigenvalue weighted by molar-refractivity contribution is -0.132. The molecule has 178 valence electrons. The summed E-state index contributed by atoms with van der Waals surface area (Å²) in [5.74, 6) is -2.36. The van der Waals surface area contributed by atoms with Crippen LogP contribution in [0.25, 0.3) is 0 Å². The van der Waals surface area contributed by atoms with Crippen molar-refractivity contribution in [3.63, 3.8) is 0 Å². The predicted octanol–water partition coefficient (Wildman–Crippen LogP) is 1.99. The van der Waals surface area contributed by atoms with Crippen molar-refractivity contribution in [3.8, 4) is 0 Å². The molecule has 0 radical (unpaired) electrons. The van der Waals surface area contributed by atoms with Crippen LogP contribution >= 0.6 is 11.3 Å². The smallest absolute Gasteiger partial charge is 0.289 e. The number of hydrogen-bond donors (Lipinski definition) is 1. The number of hydrogen-bond acceptors (Lipinski definition) is 7. The van der Waals surface area contributed by atoms with Gasteiger partial charge in [0.1, 0.15) is 5.82 Å². The summed E-state index contributed by atoms with van der Waals surface area (Å²) in [6.45, 7) is 0.451. The van der Waals surface area contributed by atoms with E-state index in [2.05, 4.69) is 5.32 Å². The first kappa shape index (κ1) is 23.6. The monoisotopic (exact) mass is 505 g/mol. The summed E-state index contributed by atoms with van der Waals surface area (Å²) < 4.78 is 45.1. The normalized spacial score (nSPS) is 15.1. The van der Waals surface area contributed by atoms with Gasteiger partial charge in [-0.2, -0.15) is 0 Å². The molecule has 1 atom stereocenters. The number of carbonyl (C=O) groups is 3. The van der Waals surface area contributed by atoms with E-state index in [0.717, 1.165) is 35.6 Å². The van der Waals surface area contributed by atoms with Crippen LogP contribution in [0.2, 0.25) is 0 Å². The van der Waals surface area contributed by atoms with Gasteiger partial charge in [-0.3, -0.25) is 14.4 Å². The van der Waals surface area contributed by atoms with Crippen molar-refractivity contribution in [2.75, 3.05) is 26.2 Å². The van der Waals surface area contributed by atoms with Gasteiger partial charge in [0.05, 0.1) is 16.0 Å². The molecule has 0 aliphatic carbocycles. The van der Waals surface area contributed by atoms with Crippen LogP contribution in [0, 0.1) is 5.82 Å². The lowest BCUT2D eigenvalue weighted by atomic mass is 10.2. The minimum absolute atomic E-state index is 0.0651. The Balaban J connectivity index is 1.55. The van der Waals surface area contributed by atoms with Crippen LogP contribution in [0.3, 0.4) is 0 Å².